The number of nitrogen functional groups attached to an aromatic ring is 1. The average Bonchev–Trinajstić information content (AvgIpc) is 3.17. The van der Waals surface area contributed by atoms with Gasteiger partial charge < -0.3 is 10.8 Å². The first-order valence-electron chi connectivity index (χ1n) is 10.5. The monoisotopic (exact) mass is 386 g/mol. The summed E-state index contributed by atoms with van der Waals surface area (Å²) in [7, 11) is 0. The summed E-state index contributed by atoms with van der Waals surface area (Å²) in [5.74, 6) is 2.16. The maximum Gasteiger partial charge on any atom is 0.180 e. The highest BCUT2D eigenvalue weighted by Gasteiger charge is 2.62. The Balaban J connectivity index is 1.51. The minimum Gasteiger partial charge on any atom is -0.393 e. The number of carbonyl (C=O) groups excluding carboxylic acids is 1. The number of carbonyl (C=O) groups is 1. The fourth-order valence-electron chi connectivity index (χ4n) is 7.63. The van der Waals surface area contributed by atoms with E-state index in [9.17, 15) is 9.90 Å². The van der Waals surface area contributed by atoms with Gasteiger partial charge in [0.25, 0.3) is 0 Å². The van der Waals surface area contributed by atoms with Crippen LogP contribution in [0.1, 0.15) is 70.4 Å². The largest absolute Gasteiger partial charge is 0.393 e. The lowest BCUT2D eigenvalue weighted by atomic mass is 9.46. The lowest BCUT2D eigenvalue weighted by Gasteiger charge is -2.59. The number of hydrogen-bond acceptors (Lipinski definition) is 5. The molecule has 0 amide bonds. The van der Waals surface area contributed by atoms with Crippen molar-refractivity contribution < 1.29 is 9.90 Å². The summed E-state index contributed by atoms with van der Waals surface area (Å²) in [5, 5.41) is 14.2. The molecule has 3 N–H and O–H groups in total. The lowest BCUT2D eigenvalue weighted by molar-refractivity contribution is -0.129. The second kappa shape index (κ2) is 5.90. The van der Waals surface area contributed by atoms with Crippen LogP contribution in [0.5, 0.6) is 0 Å². The Morgan fingerprint density at radius 3 is 2.81 bits per heavy atom. The molecule has 1 aromatic heterocycles. The smallest absolute Gasteiger partial charge is 0.180 e. The Hall–Kier alpha value is -1.20. The van der Waals surface area contributed by atoms with Gasteiger partial charge in [0.05, 0.1) is 11.8 Å². The Morgan fingerprint density at radius 2 is 2.07 bits per heavy atom. The van der Waals surface area contributed by atoms with E-state index in [2.05, 4.69) is 24.2 Å². The molecular weight excluding hydrogens is 356 g/mol. The van der Waals surface area contributed by atoms with E-state index in [1.807, 2.05) is 6.08 Å². The van der Waals surface area contributed by atoms with Crippen LogP contribution < -0.4 is 5.73 Å². The van der Waals surface area contributed by atoms with Gasteiger partial charge >= 0.3 is 0 Å². The van der Waals surface area contributed by atoms with Gasteiger partial charge in [-0.1, -0.05) is 19.4 Å². The zero-order chi connectivity index (χ0) is 19.0. The summed E-state index contributed by atoms with van der Waals surface area (Å²) in [6, 6.07) is 0. The molecule has 1 heterocycles. The predicted octanol–water partition coefficient (Wildman–Crippen LogP) is 4.31. The van der Waals surface area contributed by atoms with Crippen molar-refractivity contribution in [2.24, 2.45) is 28.6 Å². The minimum atomic E-state index is -0.297. The third kappa shape index (κ3) is 2.43. The van der Waals surface area contributed by atoms with Crippen molar-refractivity contribution in [3.63, 3.8) is 0 Å². The molecule has 5 heteroatoms. The van der Waals surface area contributed by atoms with E-state index in [-0.39, 0.29) is 22.7 Å². The number of hydrogen-bond donors (Lipinski definition) is 2. The molecule has 146 valence electrons. The van der Waals surface area contributed by atoms with Gasteiger partial charge in [0, 0.05) is 17.7 Å². The molecular formula is C22H30N2O2S. The number of nitrogens with zero attached hydrogens (tertiary/aromatic N) is 1. The quantitative estimate of drug-likeness (QED) is 0.754. The SMILES string of the molecule is C[C@]12C[C@@H](O)[C@H]3[C@@H](CCC4=CC(=O)CC[C@@]43C)[C@@H]1CC[C@@H]2c1csc(N)n1. The van der Waals surface area contributed by atoms with Crippen molar-refractivity contribution in [1.82, 2.24) is 4.98 Å². The Morgan fingerprint density at radius 1 is 1.26 bits per heavy atom. The van der Waals surface area contributed by atoms with Crippen LogP contribution in [-0.4, -0.2) is 22.0 Å². The number of aliphatic hydroxyl groups is 1. The predicted molar refractivity (Wildman–Crippen MR) is 107 cm³/mol. The van der Waals surface area contributed by atoms with Crippen LogP contribution in [0.4, 0.5) is 5.13 Å². The zero-order valence-electron chi connectivity index (χ0n) is 16.3. The fraction of sp³-hybridized carbons (Fsp3) is 0.727. The molecule has 3 saturated carbocycles. The molecule has 5 rings (SSSR count). The van der Waals surface area contributed by atoms with Crippen LogP contribution in [0.2, 0.25) is 0 Å². The second-order valence-electron chi connectivity index (χ2n) is 9.91. The van der Waals surface area contributed by atoms with E-state index in [4.69, 9.17) is 5.73 Å². The lowest BCUT2D eigenvalue weighted by Crippen LogP contribution is -2.56. The molecule has 0 spiro atoms. The van der Waals surface area contributed by atoms with Gasteiger partial charge in [-0.15, -0.1) is 11.3 Å². The number of nitrogens with two attached hydrogens (primary N) is 1. The molecule has 0 saturated heterocycles. The second-order valence-corrected chi connectivity index (χ2v) is 10.8. The molecule has 4 nitrogen and oxygen atoms in total. The normalized spacial score (nSPS) is 46.4. The third-order valence-electron chi connectivity index (χ3n) is 8.79. The number of aromatic nitrogens is 1. The number of allylic oxidation sites excluding steroid dienone is 1. The summed E-state index contributed by atoms with van der Waals surface area (Å²) in [6.07, 6.45) is 8.52. The molecule has 4 aliphatic carbocycles. The maximum absolute atomic E-state index is 12.0. The van der Waals surface area contributed by atoms with Gasteiger partial charge in [-0.25, -0.2) is 4.98 Å². The summed E-state index contributed by atoms with van der Waals surface area (Å²) in [5.41, 5.74) is 8.47. The molecule has 0 radical (unpaired) electrons. The van der Waals surface area contributed by atoms with Gasteiger partial charge in [0.15, 0.2) is 10.9 Å². The molecule has 4 aliphatic rings. The summed E-state index contributed by atoms with van der Waals surface area (Å²) >= 11 is 1.53. The molecule has 7 atom stereocenters. The molecule has 0 aliphatic heterocycles. The topological polar surface area (TPSA) is 76.2 Å². The van der Waals surface area contributed by atoms with Crippen molar-refractivity contribution in [3.8, 4) is 0 Å². The number of ketones is 1. The average molecular weight is 387 g/mol. The molecule has 1 aromatic rings. The van der Waals surface area contributed by atoms with Crippen LogP contribution >= 0.6 is 11.3 Å². The van der Waals surface area contributed by atoms with Gasteiger partial charge in [-0.05, 0) is 73.2 Å². The molecule has 0 unspecified atom stereocenters. The highest BCUT2D eigenvalue weighted by atomic mass is 32.1. The van der Waals surface area contributed by atoms with Crippen molar-refractivity contribution in [1.29, 1.82) is 0 Å². The Bertz CT molecular complexity index is 817. The van der Waals surface area contributed by atoms with Crippen LogP contribution in [0, 0.1) is 28.6 Å². The van der Waals surface area contributed by atoms with Crippen molar-refractivity contribution >= 4 is 22.3 Å². The number of anilines is 1. The zero-order valence-corrected chi connectivity index (χ0v) is 17.1. The van der Waals surface area contributed by atoms with Crippen LogP contribution in [0.3, 0.4) is 0 Å². The number of fused-ring (bicyclic) bond motifs is 5. The van der Waals surface area contributed by atoms with Crippen LogP contribution in [0.25, 0.3) is 0 Å². The summed E-state index contributed by atoms with van der Waals surface area (Å²) in [4.78, 5) is 16.6. The highest BCUT2D eigenvalue weighted by Crippen LogP contribution is 2.68. The highest BCUT2D eigenvalue weighted by molar-refractivity contribution is 7.13. The van der Waals surface area contributed by atoms with Crippen molar-refractivity contribution in [2.75, 3.05) is 5.73 Å². The minimum absolute atomic E-state index is 0.000713. The van der Waals surface area contributed by atoms with E-state index in [0.29, 0.717) is 35.2 Å². The van der Waals surface area contributed by atoms with E-state index in [0.717, 1.165) is 37.8 Å². The van der Waals surface area contributed by atoms with Gasteiger partial charge in [-0.3, -0.25) is 4.79 Å². The van der Waals surface area contributed by atoms with Crippen molar-refractivity contribution in [3.05, 3.63) is 22.7 Å². The van der Waals surface area contributed by atoms with Gasteiger partial charge in [-0.2, -0.15) is 0 Å². The first-order valence-corrected chi connectivity index (χ1v) is 11.3. The van der Waals surface area contributed by atoms with Crippen molar-refractivity contribution in [2.45, 2.75) is 70.8 Å². The first-order chi connectivity index (χ1) is 12.8. The standard InChI is InChI=1S/C22H30N2O2S/c1-21-8-7-13(25)9-12(21)3-4-14-15-5-6-16(17-11-27-20(23)24-17)22(15,2)10-18(26)19(14)21/h9,11,14-16,18-19,26H,3-8,10H2,1-2H3,(H2,23,24)/t14-,15-,16+,18+,19+,21-,22-/m0/s1. The molecule has 0 aromatic carbocycles. The third-order valence-corrected chi connectivity index (χ3v) is 9.48. The number of rotatable bonds is 1. The molecule has 3 fully saturated rings. The van der Waals surface area contributed by atoms with Crippen LogP contribution in [0.15, 0.2) is 17.0 Å². The molecule has 27 heavy (non-hydrogen) atoms. The Kier molecular flexibility index (Phi) is 3.90. The van der Waals surface area contributed by atoms with Crippen LogP contribution in [-0.2, 0) is 4.79 Å². The van der Waals surface area contributed by atoms with Gasteiger partial charge in [0.2, 0.25) is 0 Å². The Labute approximate surface area is 165 Å². The molecule has 0 bridgehead atoms. The van der Waals surface area contributed by atoms with E-state index in [1.54, 1.807) is 0 Å². The van der Waals surface area contributed by atoms with E-state index < -0.39 is 0 Å². The number of aliphatic hydroxyl groups excluding tert-OH is 1. The summed E-state index contributed by atoms with van der Waals surface area (Å²) in [6.45, 7) is 4.71. The van der Waals surface area contributed by atoms with Gasteiger partial charge in [0.1, 0.15) is 0 Å². The first kappa shape index (κ1) is 17.9. The maximum atomic E-state index is 12.0. The number of thiazole rings is 1. The summed E-state index contributed by atoms with van der Waals surface area (Å²) < 4.78 is 0. The van der Waals surface area contributed by atoms with E-state index >= 15 is 0 Å². The van der Waals surface area contributed by atoms with E-state index in [1.165, 1.54) is 23.3 Å². The fourth-order valence-corrected chi connectivity index (χ4v) is 8.25.